The van der Waals surface area contributed by atoms with E-state index in [9.17, 15) is 0 Å². The molecule has 1 aromatic carbocycles. The van der Waals surface area contributed by atoms with Crippen LogP contribution in [-0.4, -0.2) is 36.6 Å². The summed E-state index contributed by atoms with van der Waals surface area (Å²) in [6.45, 7) is 0. The zero-order valence-corrected chi connectivity index (χ0v) is 11.5. The summed E-state index contributed by atoms with van der Waals surface area (Å²) < 4.78 is 14.8. The summed E-state index contributed by atoms with van der Waals surface area (Å²) in [6.07, 6.45) is 1.47. The van der Waals surface area contributed by atoms with Gasteiger partial charge in [-0.25, -0.2) is 4.63 Å². The first-order valence-electron chi connectivity index (χ1n) is 5.82. The molecule has 0 radical (unpaired) electrons. The molecule has 1 aromatic heterocycles. The normalized spacial score (nSPS) is 11.8. The SMILES string of the molecule is COc1ccc(OC)c(/C=N/N=C(\N)c2nonc2N)c1. The number of rotatable bonds is 5. The Morgan fingerprint density at radius 2 is 2.10 bits per heavy atom. The van der Waals surface area contributed by atoms with Gasteiger partial charge in [-0.05, 0) is 28.5 Å². The molecule has 2 rings (SSSR count). The van der Waals surface area contributed by atoms with Crippen molar-refractivity contribution in [3.63, 3.8) is 0 Å². The number of methoxy groups -OCH3 is 2. The zero-order valence-electron chi connectivity index (χ0n) is 11.5. The second-order valence-electron chi connectivity index (χ2n) is 3.84. The molecule has 0 saturated carbocycles. The van der Waals surface area contributed by atoms with Crippen LogP contribution in [0.25, 0.3) is 0 Å². The van der Waals surface area contributed by atoms with Crippen LogP contribution in [0.1, 0.15) is 11.3 Å². The molecular formula is C12H14N6O3. The van der Waals surface area contributed by atoms with Gasteiger partial charge >= 0.3 is 0 Å². The van der Waals surface area contributed by atoms with E-state index in [1.807, 2.05) is 0 Å². The molecule has 0 unspecified atom stereocenters. The number of benzene rings is 1. The summed E-state index contributed by atoms with van der Waals surface area (Å²) in [5.41, 5.74) is 12.0. The largest absolute Gasteiger partial charge is 0.497 e. The number of aromatic nitrogens is 2. The van der Waals surface area contributed by atoms with Gasteiger partial charge in [0.2, 0.25) is 0 Å². The number of hydrogen-bond donors (Lipinski definition) is 2. The van der Waals surface area contributed by atoms with E-state index in [1.165, 1.54) is 6.21 Å². The van der Waals surface area contributed by atoms with E-state index in [-0.39, 0.29) is 17.3 Å². The molecule has 4 N–H and O–H groups in total. The van der Waals surface area contributed by atoms with Crippen molar-refractivity contribution in [1.82, 2.24) is 10.3 Å². The Bertz CT molecular complexity index is 679. The second kappa shape index (κ2) is 6.37. The minimum atomic E-state index is -0.00753. The molecule has 9 heteroatoms. The fraction of sp³-hybridized carbons (Fsp3) is 0.167. The summed E-state index contributed by atoms with van der Waals surface area (Å²) in [7, 11) is 3.12. The number of hydrogen-bond acceptors (Lipinski definition) is 8. The van der Waals surface area contributed by atoms with Crippen molar-refractivity contribution >= 4 is 17.9 Å². The second-order valence-corrected chi connectivity index (χ2v) is 3.84. The van der Waals surface area contributed by atoms with Crippen LogP contribution in [0.15, 0.2) is 33.0 Å². The lowest BCUT2D eigenvalue weighted by atomic mass is 10.2. The molecule has 0 aliphatic carbocycles. The monoisotopic (exact) mass is 290 g/mol. The molecule has 0 atom stereocenters. The third-order valence-electron chi connectivity index (χ3n) is 2.56. The number of anilines is 1. The van der Waals surface area contributed by atoms with E-state index in [2.05, 4.69) is 25.1 Å². The minimum absolute atomic E-state index is 0.00753. The predicted octanol–water partition coefficient (Wildman–Crippen LogP) is 0.408. The first-order chi connectivity index (χ1) is 10.2. The number of nitrogen functional groups attached to an aromatic ring is 1. The molecular weight excluding hydrogens is 276 g/mol. The van der Waals surface area contributed by atoms with Crippen LogP contribution in [0.2, 0.25) is 0 Å². The van der Waals surface area contributed by atoms with E-state index in [0.717, 1.165) is 0 Å². The van der Waals surface area contributed by atoms with Gasteiger partial charge in [-0.15, -0.1) is 5.10 Å². The summed E-state index contributed by atoms with van der Waals surface area (Å²) in [5, 5.41) is 14.6. The van der Waals surface area contributed by atoms with Gasteiger partial charge in [-0.3, -0.25) is 0 Å². The lowest BCUT2D eigenvalue weighted by molar-refractivity contribution is 0.308. The molecule has 21 heavy (non-hydrogen) atoms. The number of nitrogens with zero attached hydrogens (tertiary/aromatic N) is 4. The molecule has 0 bridgehead atoms. The average Bonchev–Trinajstić information content (AvgIpc) is 2.93. The van der Waals surface area contributed by atoms with E-state index in [4.69, 9.17) is 20.9 Å². The predicted molar refractivity (Wildman–Crippen MR) is 76.6 cm³/mol. The Balaban J connectivity index is 2.23. The van der Waals surface area contributed by atoms with E-state index < -0.39 is 0 Å². The first kappa shape index (κ1) is 14.3. The minimum Gasteiger partial charge on any atom is -0.497 e. The standard InChI is InChI=1S/C12H14N6O3/c1-19-8-3-4-9(20-2)7(5-8)6-15-16-11(13)10-12(14)18-21-17-10/h3-6H,1-2H3,(H2,13,16)(H2,14,18)/b15-6+. The van der Waals surface area contributed by atoms with Crippen LogP contribution < -0.4 is 20.9 Å². The van der Waals surface area contributed by atoms with Crippen LogP contribution in [0, 0.1) is 0 Å². The molecule has 2 aromatic rings. The highest BCUT2D eigenvalue weighted by Crippen LogP contribution is 2.22. The van der Waals surface area contributed by atoms with E-state index in [0.29, 0.717) is 17.1 Å². The third kappa shape index (κ3) is 3.26. The van der Waals surface area contributed by atoms with Gasteiger partial charge in [0.15, 0.2) is 17.3 Å². The van der Waals surface area contributed by atoms with Gasteiger partial charge < -0.3 is 20.9 Å². The number of nitrogens with two attached hydrogens (primary N) is 2. The number of amidine groups is 1. The molecule has 0 aliphatic rings. The highest BCUT2D eigenvalue weighted by molar-refractivity contribution is 5.99. The lowest BCUT2D eigenvalue weighted by Gasteiger charge is -2.06. The zero-order chi connectivity index (χ0) is 15.2. The van der Waals surface area contributed by atoms with Crippen molar-refractivity contribution in [2.75, 3.05) is 20.0 Å². The van der Waals surface area contributed by atoms with E-state index >= 15 is 0 Å². The van der Waals surface area contributed by atoms with Crippen molar-refractivity contribution in [1.29, 1.82) is 0 Å². The molecule has 0 saturated heterocycles. The highest BCUT2D eigenvalue weighted by Gasteiger charge is 2.10. The Kier molecular flexibility index (Phi) is 4.34. The van der Waals surface area contributed by atoms with Crippen molar-refractivity contribution in [2.45, 2.75) is 0 Å². The highest BCUT2D eigenvalue weighted by atomic mass is 16.6. The average molecular weight is 290 g/mol. The Hall–Kier alpha value is -3.10. The van der Waals surface area contributed by atoms with Crippen LogP contribution in [-0.2, 0) is 0 Å². The maximum absolute atomic E-state index is 5.67. The fourth-order valence-electron chi connectivity index (χ4n) is 1.51. The van der Waals surface area contributed by atoms with Gasteiger partial charge in [0.05, 0.1) is 20.4 Å². The van der Waals surface area contributed by atoms with Crippen molar-refractivity contribution in [3.8, 4) is 11.5 Å². The smallest absolute Gasteiger partial charge is 0.199 e. The molecule has 0 spiro atoms. The quantitative estimate of drug-likeness (QED) is 0.462. The van der Waals surface area contributed by atoms with E-state index in [1.54, 1.807) is 32.4 Å². The van der Waals surface area contributed by atoms with Crippen molar-refractivity contribution in [3.05, 3.63) is 29.5 Å². The topological polar surface area (TPSA) is 134 Å². The van der Waals surface area contributed by atoms with Crippen LogP contribution in [0.3, 0.4) is 0 Å². The van der Waals surface area contributed by atoms with Gasteiger partial charge in [0, 0.05) is 5.56 Å². The fourth-order valence-corrected chi connectivity index (χ4v) is 1.51. The van der Waals surface area contributed by atoms with Gasteiger partial charge in [-0.1, -0.05) is 0 Å². The third-order valence-corrected chi connectivity index (χ3v) is 2.56. The van der Waals surface area contributed by atoms with Crippen molar-refractivity contribution in [2.24, 2.45) is 15.9 Å². The molecule has 0 aliphatic heterocycles. The maximum Gasteiger partial charge on any atom is 0.199 e. The Morgan fingerprint density at radius 1 is 1.29 bits per heavy atom. The summed E-state index contributed by atoms with van der Waals surface area (Å²) >= 11 is 0. The molecule has 1 heterocycles. The van der Waals surface area contributed by atoms with Crippen LogP contribution in [0.5, 0.6) is 11.5 Å². The first-order valence-corrected chi connectivity index (χ1v) is 5.82. The molecule has 0 amide bonds. The molecule has 0 fully saturated rings. The molecule has 110 valence electrons. The van der Waals surface area contributed by atoms with Crippen molar-refractivity contribution < 1.29 is 14.1 Å². The Labute approximate surface area is 120 Å². The molecule has 9 nitrogen and oxygen atoms in total. The summed E-state index contributed by atoms with van der Waals surface area (Å²) in [4.78, 5) is 0. The van der Waals surface area contributed by atoms with Crippen LogP contribution in [0.4, 0.5) is 5.82 Å². The summed E-state index contributed by atoms with van der Waals surface area (Å²) in [6, 6.07) is 5.28. The van der Waals surface area contributed by atoms with Gasteiger partial charge in [0.25, 0.3) is 0 Å². The maximum atomic E-state index is 5.67. The van der Waals surface area contributed by atoms with Crippen LogP contribution >= 0.6 is 0 Å². The number of ether oxygens (including phenoxy) is 2. The Morgan fingerprint density at radius 3 is 2.71 bits per heavy atom. The summed E-state index contributed by atoms with van der Waals surface area (Å²) in [5.74, 6) is 1.33. The lowest BCUT2D eigenvalue weighted by Crippen LogP contribution is -2.15. The van der Waals surface area contributed by atoms with Gasteiger partial charge in [0.1, 0.15) is 11.5 Å². The van der Waals surface area contributed by atoms with Gasteiger partial charge in [-0.2, -0.15) is 5.10 Å².